The number of methoxy groups -OCH3 is 1. The molecule has 0 aliphatic carbocycles. The van der Waals surface area contributed by atoms with E-state index in [0.29, 0.717) is 11.5 Å². The first-order chi connectivity index (χ1) is 12.4. The van der Waals surface area contributed by atoms with E-state index < -0.39 is 6.04 Å². The number of aliphatic hydroxyl groups is 2. The molecule has 2 rings (SSSR count). The first kappa shape index (κ1) is 19.7. The van der Waals surface area contributed by atoms with Crippen molar-refractivity contribution in [1.82, 2.24) is 9.97 Å². The SMILES string of the molecule is COc1cc(Oc2cnc(NC(CO)CO)nc2N)c(C(C)C)cc1C. The number of rotatable bonds is 8. The molecule has 0 atom stereocenters. The highest BCUT2D eigenvalue weighted by molar-refractivity contribution is 5.53. The van der Waals surface area contributed by atoms with E-state index in [1.165, 1.54) is 6.20 Å². The minimum Gasteiger partial charge on any atom is -0.496 e. The summed E-state index contributed by atoms with van der Waals surface area (Å²) in [4.78, 5) is 8.24. The van der Waals surface area contributed by atoms with Gasteiger partial charge in [-0.25, -0.2) is 4.98 Å². The third-order valence-electron chi connectivity index (χ3n) is 3.93. The number of ether oxygens (including phenoxy) is 2. The van der Waals surface area contributed by atoms with Crippen LogP contribution in [0.1, 0.15) is 30.9 Å². The Morgan fingerprint density at radius 2 is 1.85 bits per heavy atom. The lowest BCUT2D eigenvalue weighted by Crippen LogP contribution is -2.28. The predicted octanol–water partition coefficient (Wildman–Crippen LogP) is 2.06. The molecule has 0 aliphatic rings. The fourth-order valence-corrected chi connectivity index (χ4v) is 2.43. The van der Waals surface area contributed by atoms with Gasteiger partial charge in [0.25, 0.3) is 0 Å². The van der Waals surface area contributed by atoms with E-state index in [2.05, 4.69) is 29.1 Å². The summed E-state index contributed by atoms with van der Waals surface area (Å²) in [5, 5.41) is 21.0. The minimum atomic E-state index is -0.560. The van der Waals surface area contributed by atoms with Crippen molar-refractivity contribution >= 4 is 11.8 Å². The second kappa shape index (κ2) is 8.68. The van der Waals surface area contributed by atoms with Gasteiger partial charge in [0.05, 0.1) is 32.6 Å². The molecule has 0 aliphatic heterocycles. The average molecular weight is 362 g/mol. The van der Waals surface area contributed by atoms with Gasteiger partial charge in [0, 0.05) is 6.07 Å². The van der Waals surface area contributed by atoms with Gasteiger partial charge in [-0.2, -0.15) is 4.98 Å². The Kier molecular flexibility index (Phi) is 6.59. The Balaban J connectivity index is 2.31. The van der Waals surface area contributed by atoms with Crippen LogP contribution in [-0.2, 0) is 0 Å². The Morgan fingerprint density at radius 3 is 2.38 bits per heavy atom. The second-order valence-corrected chi connectivity index (χ2v) is 6.27. The molecule has 26 heavy (non-hydrogen) atoms. The van der Waals surface area contributed by atoms with Crippen LogP contribution >= 0.6 is 0 Å². The van der Waals surface area contributed by atoms with Crippen LogP contribution in [0.4, 0.5) is 11.8 Å². The van der Waals surface area contributed by atoms with Crippen LogP contribution < -0.4 is 20.5 Å². The predicted molar refractivity (Wildman–Crippen MR) is 99.9 cm³/mol. The van der Waals surface area contributed by atoms with Crippen molar-refractivity contribution in [3.8, 4) is 17.2 Å². The molecule has 1 aromatic heterocycles. The maximum absolute atomic E-state index is 9.11. The van der Waals surface area contributed by atoms with Crippen molar-refractivity contribution in [3.63, 3.8) is 0 Å². The van der Waals surface area contributed by atoms with Gasteiger partial charge in [0.1, 0.15) is 11.5 Å². The van der Waals surface area contributed by atoms with Gasteiger partial charge in [0.2, 0.25) is 5.95 Å². The molecule has 142 valence electrons. The Hall–Kier alpha value is -2.58. The molecule has 0 saturated carbocycles. The van der Waals surface area contributed by atoms with E-state index in [9.17, 15) is 0 Å². The quantitative estimate of drug-likeness (QED) is 0.563. The molecule has 5 N–H and O–H groups in total. The van der Waals surface area contributed by atoms with Gasteiger partial charge < -0.3 is 30.7 Å². The van der Waals surface area contributed by atoms with Crippen molar-refractivity contribution < 1.29 is 19.7 Å². The summed E-state index contributed by atoms with van der Waals surface area (Å²) in [7, 11) is 1.61. The van der Waals surface area contributed by atoms with Gasteiger partial charge in [-0.05, 0) is 30.0 Å². The number of aliphatic hydroxyl groups excluding tert-OH is 2. The van der Waals surface area contributed by atoms with Gasteiger partial charge in [-0.1, -0.05) is 13.8 Å². The fraction of sp³-hybridized carbons (Fsp3) is 0.444. The van der Waals surface area contributed by atoms with Gasteiger partial charge >= 0.3 is 0 Å². The Morgan fingerprint density at radius 1 is 1.15 bits per heavy atom. The van der Waals surface area contributed by atoms with Gasteiger partial charge in [-0.3, -0.25) is 0 Å². The summed E-state index contributed by atoms with van der Waals surface area (Å²) in [5.74, 6) is 2.25. The summed E-state index contributed by atoms with van der Waals surface area (Å²) < 4.78 is 11.3. The number of hydrogen-bond donors (Lipinski definition) is 4. The van der Waals surface area contributed by atoms with E-state index in [4.69, 9.17) is 25.4 Å². The molecule has 2 aromatic rings. The van der Waals surface area contributed by atoms with Crippen LogP contribution in [0.15, 0.2) is 18.3 Å². The Bertz CT molecular complexity index is 748. The molecule has 0 bridgehead atoms. The van der Waals surface area contributed by atoms with Crippen molar-refractivity contribution in [2.45, 2.75) is 32.7 Å². The normalized spacial score (nSPS) is 11.1. The number of nitrogen functional groups attached to an aromatic ring is 1. The van der Waals surface area contributed by atoms with Crippen molar-refractivity contribution in [2.24, 2.45) is 0 Å². The maximum Gasteiger partial charge on any atom is 0.225 e. The lowest BCUT2D eigenvalue weighted by atomic mass is 9.99. The van der Waals surface area contributed by atoms with E-state index in [0.717, 1.165) is 16.9 Å². The summed E-state index contributed by atoms with van der Waals surface area (Å²) in [6, 6.07) is 3.29. The zero-order valence-electron chi connectivity index (χ0n) is 15.5. The zero-order chi connectivity index (χ0) is 19.3. The second-order valence-electron chi connectivity index (χ2n) is 6.27. The molecule has 0 radical (unpaired) electrons. The first-order valence-corrected chi connectivity index (χ1v) is 8.36. The minimum absolute atomic E-state index is 0.145. The number of aryl methyl sites for hydroxylation is 1. The summed E-state index contributed by atoms with van der Waals surface area (Å²) in [6.45, 7) is 5.62. The maximum atomic E-state index is 9.11. The smallest absolute Gasteiger partial charge is 0.225 e. The van der Waals surface area contributed by atoms with Crippen LogP contribution in [0.2, 0.25) is 0 Å². The summed E-state index contributed by atoms with van der Waals surface area (Å²) >= 11 is 0. The third-order valence-corrected chi connectivity index (χ3v) is 3.93. The molecular formula is C18H26N4O4. The van der Waals surface area contributed by atoms with Crippen molar-refractivity contribution in [1.29, 1.82) is 0 Å². The molecule has 1 heterocycles. The first-order valence-electron chi connectivity index (χ1n) is 8.36. The molecular weight excluding hydrogens is 336 g/mol. The molecule has 0 amide bonds. The van der Waals surface area contributed by atoms with Crippen LogP contribution in [0.5, 0.6) is 17.2 Å². The van der Waals surface area contributed by atoms with E-state index >= 15 is 0 Å². The number of nitrogens with two attached hydrogens (primary N) is 1. The molecule has 0 saturated heterocycles. The average Bonchev–Trinajstić information content (AvgIpc) is 2.62. The van der Waals surface area contributed by atoms with Crippen LogP contribution in [-0.4, -0.2) is 46.5 Å². The summed E-state index contributed by atoms with van der Waals surface area (Å²) in [6.07, 6.45) is 1.45. The molecule has 8 nitrogen and oxygen atoms in total. The monoisotopic (exact) mass is 362 g/mol. The van der Waals surface area contributed by atoms with Crippen molar-refractivity contribution in [2.75, 3.05) is 31.4 Å². The number of aromatic nitrogens is 2. The zero-order valence-corrected chi connectivity index (χ0v) is 15.5. The standard InChI is InChI=1S/C18H26N4O4/c1-10(2)13-5-11(3)14(25-4)6-15(13)26-16-7-20-18(22-17(16)19)21-12(8-23)9-24/h5-7,10,12,23-24H,8-9H2,1-4H3,(H3,19,20,21,22). The lowest BCUT2D eigenvalue weighted by Gasteiger charge is -2.18. The lowest BCUT2D eigenvalue weighted by molar-refractivity contribution is 0.203. The van der Waals surface area contributed by atoms with Crippen molar-refractivity contribution in [3.05, 3.63) is 29.5 Å². The highest BCUT2D eigenvalue weighted by atomic mass is 16.5. The highest BCUT2D eigenvalue weighted by Gasteiger charge is 2.16. The summed E-state index contributed by atoms with van der Waals surface area (Å²) in [5.41, 5.74) is 8.02. The number of hydrogen-bond acceptors (Lipinski definition) is 8. The van der Waals surface area contributed by atoms with E-state index in [-0.39, 0.29) is 30.9 Å². The third kappa shape index (κ3) is 4.53. The molecule has 1 aromatic carbocycles. The van der Waals surface area contributed by atoms with E-state index in [1.54, 1.807) is 7.11 Å². The number of benzene rings is 1. The van der Waals surface area contributed by atoms with Gasteiger partial charge in [-0.15, -0.1) is 0 Å². The largest absolute Gasteiger partial charge is 0.496 e. The highest BCUT2D eigenvalue weighted by Crippen LogP contribution is 2.37. The molecule has 0 fully saturated rings. The van der Waals surface area contributed by atoms with Gasteiger partial charge in [0.15, 0.2) is 11.6 Å². The fourth-order valence-electron chi connectivity index (χ4n) is 2.43. The van der Waals surface area contributed by atoms with Crippen LogP contribution in [0.25, 0.3) is 0 Å². The molecule has 0 spiro atoms. The number of nitrogens with one attached hydrogen (secondary N) is 1. The number of anilines is 2. The molecule has 8 heteroatoms. The van der Waals surface area contributed by atoms with E-state index in [1.807, 2.05) is 19.1 Å². The van der Waals surface area contributed by atoms with Crippen LogP contribution in [0, 0.1) is 6.92 Å². The topological polar surface area (TPSA) is 123 Å². The Labute approximate surface area is 153 Å². The number of nitrogens with zero attached hydrogens (tertiary/aromatic N) is 2. The molecule has 0 unspecified atom stereocenters. The van der Waals surface area contributed by atoms with Crippen LogP contribution in [0.3, 0.4) is 0 Å².